The van der Waals surface area contributed by atoms with Gasteiger partial charge in [0.15, 0.2) is 0 Å². The van der Waals surface area contributed by atoms with Crippen LogP contribution in [-0.2, 0) is 0 Å². The van der Waals surface area contributed by atoms with E-state index >= 15 is 0 Å². The lowest BCUT2D eigenvalue weighted by atomic mass is 9.84. The van der Waals surface area contributed by atoms with Crippen LogP contribution >= 0.6 is 0 Å². The Hall–Kier alpha value is -5.73. The Bertz CT molecular complexity index is 2440. The molecule has 0 spiro atoms. The second-order valence-electron chi connectivity index (χ2n) is 11.2. The minimum absolute atomic E-state index is 1.07. The van der Waals surface area contributed by atoms with Gasteiger partial charge in [-0.3, -0.25) is 4.98 Å². The monoisotopic (exact) mass is 546 g/mol. The standard InChI is InChI=1S/C41H26N2/c1-2-14-30-27(11-1)12-9-20-32(30)41-35-18-5-3-16-33(35)40(34-17-4-6-19-36(34)41)28-22-23-39-37(25-28)31-15-7-8-21-38(31)43(39)29-13-10-24-42-26-29/h1-26H. The van der Waals surface area contributed by atoms with Crippen molar-refractivity contribution >= 4 is 54.1 Å². The molecule has 0 radical (unpaired) electrons. The molecule has 0 fully saturated rings. The lowest BCUT2D eigenvalue weighted by Gasteiger charge is -2.19. The molecule has 2 nitrogen and oxygen atoms in total. The fourth-order valence-corrected chi connectivity index (χ4v) is 7.07. The normalized spacial score (nSPS) is 11.7. The molecular weight excluding hydrogens is 520 g/mol. The van der Waals surface area contributed by atoms with Gasteiger partial charge in [-0.2, -0.15) is 0 Å². The second-order valence-corrected chi connectivity index (χ2v) is 11.2. The number of fused-ring (bicyclic) bond motifs is 6. The summed E-state index contributed by atoms with van der Waals surface area (Å²) in [6.07, 6.45) is 3.76. The van der Waals surface area contributed by atoms with Gasteiger partial charge in [0.25, 0.3) is 0 Å². The number of benzene rings is 7. The first kappa shape index (κ1) is 23.9. The quantitative estimate of drug-likeness (QED) is 0.202. The first-order valence-electron chi connectivity index (χ1n) is 14.7. The molecule has 200 valence electrons. The van der Waals surface area contributed by atoms with E-state index in [1.165, 1.54) is 76.4 Å². The SMILES string of the molecule is c1cncc(-n2c3ccccc3c3cc(-c4c5ccccc5c(-c5cccc6ccccc56)c5ccccc45)ccc32)c1. The van der Waals surface area contributed by atoms with Gasteiger partial charge in [-0.15, -0.1) is 0 Å². The lowest BCUT2D eigenvalue weighted by Crippen LogP contribution is -1.94. The summed E-state index contributed by atoms with van der Waals surface area (Å²) < 4.78 is 2.32. The fourth-order valence-electron chi connectivity index (χ4n) is 7.07. The highest BCUT2D eigenvalue weighted by Crippen LogP contribution is 2.46. The average molecular weight is 547 g/mol. The molecule has 2 aromatic heterocycles. The molecule has 0 atom stereocenters. The summed E-state index contributed by atoms with van der Waals surface area (Å²) in [6.45, 7) is 0. The van der Waals surface area contributed by atoms with E-state index in [4.69, 9.17) is 0 Å². The van der Waals surface area contributed by atoms with Crippen molar-refractivity contribution in [1.82, 2.24) is 9.55 Å². The Morgan fingerprint density at radius 1 is 0.419 bits per heavy atom. The second kappa shape index (κ2) is 9.40. The van der Waals surface area contributed by atoms with Gasteiger partial charge in [-0.25, -0.2) is 0 Å². The Morgan fingerprint density at radius 3 is 1.74 bits per heavy atom. The summed E-state index contributed by atoms with van der Waals surface area (Å²) in [4.78, 5) is 4.42. The Balaban J connectivity index is 1.39. The van der Waals surface area contributed by atoms with Gasteiger partial charge in [0, 0.05) is 17.0 Å². The van der Waals surface area contributed by atoms with Gasteiger partial charge in [0.1, 0.15) is 0 Å². The lowest BCUT2D eigenvalue weighted by molar-refractivity contribution is 1.14. The minimum atomic E-state index is 1.07. The minimum Gasteiger partial charge on any atom is -0.308 e. The molecule has 0 saturated heterocycles. The van der Waals surface area contributed by atoms with Crippen molar-refractivity contribution in [3.8, 4) is 27.9 Å². The van der Waals surface area contributed by atoms with Gasteiger partial charge in [-0.1, -0.05) is 115 Å². The van der Waals surface area contributed by atoms with E-state index in [1.54, 1.807) is 0 Å². The van der Waals surface area contributed by atoms with Gasteiger partial charge in [0.05, 0.1) is 22.9 Å². The molecule has 0 amide bonds. The van der Waals surface area contributed by atoms with Gasteiger partial charge in [0.2, 0.25) is 0 Å². The molecule has 0 N–H and O–H groups in total. The molecule has 0 aliphatic heterocycles. The zero-order valence-electron chi connectivity index (χ0n) is 23.4. The van der Waals surface area contributed by atoms with E-state index in [0.717, 1.165) is 5.69 Å². The molecule has 43 heavy (non-hydrogen) atoms. The molecule has 7 aromatic carbocycles. The van der Waals surface area contributed by atoms with E-state index < -0.39 is 0 Å². The van der Waals surface area contributed by atoms with Crippen molar-refractivity contribution < 1.29 is 0 Å². The third-order valence-corrected chi connectivity index (χ3v) is 8.86. The molecule has 0 aliphatic carbocycles. The largest absolute Gasteiger partial charge is 0.308 e. The van der Waals surface area contributed by atoms with Crippen LogP contribution in [0.1, 0.15) is 0 Å². The van der Waals surface area contributed by atoms with Crippen molar-refractivity contribution in [3.63, 3.8) is 0 Å². The highest BCUT2D eigenvalue weighted by Gasteiger charge is 2.19. The van der Waals surface area contributed by atoms with Crippen LogP contribution in [0.3, 0.4) is 0 Å². The summed E-state index contributed by atoms with van der Waals surface area (Å²) in [5.74, 6) is 0. The summed E-state index contributed by atoms with van der Waals surface area (Å²) in [7, 11) is 0. The number of nitrogens with zero attached hydrogens (tertiary/aromatic N) is 2. The van der Waals surface area contributed by atoms with Crippen molar-refractivity contribution in [2.24, 2.45) is 0 Å². The molecule has 9 aromatic rings. The van der Waals surface area contributed by atoms with Crippen LogP contribution in [0, 0.1) is 0 Å². The zero-order chi connectivity index (χ0) is 28.3. The Morgan fingerprint density at radius 2 is 1.02 bits per heavy atom. The summed E-state index contributed by atoms with van der Waals surface area (Å²) in [5, 5.41) is 10.1. The van der Waals surface area contributed by atoms with E-state index in [9.17, 15) is 0 Å². The van der Waals surface area contributed by atoms with E-state index in [1.807, 2.05) is 18.5 Å². The summed E-state index contributed by atoms with van der Waals surface area (Å²) in [6, 6.07) is 52.9. The average Bonchev–Trinajstić information content (AvgIpc) is 3.41. The highest BCUT2D eigenvalue weighted by atomic mass is 15.0. The molecule has 9 rings (SSSR count). The van der Waals surface area contributed by atoms with Crippen molar-refractivity contribution in [3.05, 3.63) is 158 Å². The summed E-state index contributed by atoms with van der Waals surface area (Å²) in [5.41, 5.74) is 8.49. The molecule has 0 bridgehead atoms. The predicted molar refractivity (Wildman–Crippen MR) is 182 cm³/mol. The van der Waals surface area contributed by atoms with Crippen LogP contribution in [0.2, 0.25) is 0 Å². The van der Waals surface area contributed by atoms with Crippen LogP contribution < -0.4 is 0 Å². The smallest absolute Gasteiger partial charge is 0.0645 e. The van der Waals surface area contributed by atoms with Crippen molar-refractivity contribution in [2.75, 3.05) is 0 Å². The van der Waals surface area contributed by atoms with Crippen LogP contribution in [-0.4, -0.2) is 9.55 Å². The van der Waals surface area contributed by atoms with Crippen molar-refractivity contribution in [2.45, 2.75) is 0 Å². The molecule has 0 saturated carbocycles. The third-order valence-electron chi connectivity index (χ3n) is 8.86. The van der Waals surface area contributed by atoms with Crippen molar-refractivity contribution in [1.29, 1.82) is 0 Å². The molecule has 2 heterocycles. The van der Waals surface area contributed by atoms with E-state index in [0.29, 0.717) is 0 Å². The maximum absolute atomic E-state index is 4.42. The van der Waals surface area contributed by atoms with Crippen LogP contribution in [0.25, 0.3) is 82.1 Å². The highest BCUT2D eigenvalue weighted by molar-refractivity contribution is 6.24. The van der Waals surface area contributed by atoms with E-state index in [2.05, 4.69) is 149 Å². The van der Waals surface area contributed by atoms with Gasteiger partial charge in [-0.05, 0) is 84.9 Å². The van der Waals surface area contributed by atoms with Gasteiger partial charge >= 0.3 is 0 Å². The number of rotatable bonds is 3. The first-order chi connectivity index (χ1) is 21.4. The number of hydrogen-bond acceptors (Lipinski definition) is 1. The van der Waals surface area contributed by atoms with Crippen LogP contribution in [0.5, 0.6) is 0 Å². The number of para-hydroxylation sites is 1. The maximum Gasteiger partial charge on any atom is 0.0645 e. The molecule has 2 heteroatoms. The third kappa shape index (κ3) is 3.57. The number of aromatic nitrogens is 2. The van der Waals surface area contributed by atoms with Crippen LogP contribution in [0.15, 0.2) is 158 Å². The predicted octanol–water partition coefficient (Wildman–Crippen LogP) is 11.0. The molecule has 0 unspecified atom stereocenters. The van der Waals surface area contributed by atoms with E-state index in [-0.39, 0.29) is 0 Å². The topological polar surface area (TPSA) is 17.8 Å². The van der Waals surface area contributed by atoms with Gasteiger partial charge < -0.3 is 4.57 Å². The molecule has 0 aliphatic rings. The van der Waals surface area contributed by atoms with Crippen LogP contribution in [0.4, 0.5) is 0 Å². The molecular formula is C41H26N2. The zero-order valence-corrected chi connectivity index (χ0v) is 23.4. The Kier molecular flexibility index (Phi) is 5.23. The maximum atomic E-state index is 4.42. The Labute approximate surface area is 249 Å². The summed E-state index contributed by atoms with van der Waals surface area (Å²) >= 11 is 0. The fraction of sp³-hybridized carbons (Fsp3) is 0. The number of hydrogen-bond donors (Lipinski definition) is 0. The number of pyridine rings is 1. The first-order valence-corrected chi connectivity index (χ1v) is 14.7.